The molecule has 3 atom stereocenters. The molecule has 28 heavy (non-hydrogen) atoms. The standard InChI is InChI=1S/C25H23NOS/c1-17-12-14-20(15-13-17)25-16-18(2)28-22-11-7-6-10-21(22)26(25)24(27)23(25)19-8-4-3-5-9-19/h3-15,18,23H,16H2,1-2H3/t18-,23-,25+/m1/s1. The highest BCUT2D eigenvalue weighted by molar-refractivity contribution is 8.00. The third kappa shape index (κ3) is 2.46. The lowest BCUT2D eigenvalue weighted by Gasteiger charge is -2.58. The molecule has 140 valence electrons. The molecular weight excluding hydrogens is 362 g/mol. The zero-order chi connectivity index (χ0) is 19.3. The molecule has 0 N–H and O–H groups in total. The van der Waals surface area contributed by atoms with Crippen LogP contribution in [0.5, 0.6) is 0 Å². The van der Waals surface area contributed by atoms with Crippen molar-refractivity contribution in [2.75, 3.05) is 4.90 Å². The highest BCUT2D eigenvalue weighted by Crippen LogP contribution is 2.60. The molecule has 2 aliphatic rings. The summed E-state index contributed by atoms with van der Waals surface area (Å²) in [4.78, 5) is 16.9. The van der Waals surface area contributed by atoms with Crippen LogP contribution >= 0.6 is 11.8 Å². The summed E-state index contributed by atoms with van der Waals surface area (Å²) in [7, 11) is 0. The number of benzene rings is 3. The predicted octanol–water partition coefficient (Wildman–Crippen LogP) is 5.91. The summed E-state index contributed by atoms with van der Waals surface area (Å²) in [6, 6.07) is 27.4. The van der Waals surface area contributed by atoms with Gasteiger partial charge < -0.3 is 0 Å². The van der Waals surface area contributed by atoms with Gasteiger partial charge in [-0.2, -0.15) is 0 Å². The Kier molecular flexibility index (Phi) is 4.09. The molecular formula is C25H23NOS. The van der Waals surface area contributed by atoms with Crippen molar-refractivity contribution in [1.82, 2.24) is 0 Å². The molecule has 1 amide bonds. The van der Waals surface area contributed by atoms with Crippen molar-refractivity contribution >= 4 is 23.4 Å². The van der Waals surface area contributed by atoms with Gasteiger partial charge in [0.25, 0.3) is 0 Å². The van der Waals surface area contributed by atoms with Crippen LogP contribution in [0.1, 0.15) is 36.0 Å². The fourth-order valence-corrected chi connectivity index (χ4v) is 6.10. The van der Waals surface area contributed by atoms with Gasteiger partial charge in [-0.1, -0.05) is 79.2 Å². The Balaban J connectivity index is 1.76. The number of carbonyl (C=O) groups is 1. The van der Waals surface area contributed by atoms with E-state index < -0.39 is 0 Å². The van der Waals surface area contributed by atoms with E-state index in [9.17, 15) is 4.79 Å². The summed E-state index contributed by atoms with van der Waals surface area (Å²) < 4.78 is 0. The number of aryl methyl sites for hydroxylation is 1. The Morgan fingerprint density at radius 1 is 0.929 bits per heavy atom. The highest BCUT2D eigenvalue weighted by atomic mass is 32.2. The van der Waals surface area contributed by atoms with Gasteiger partial charge in [0.1, 0.15) is 0 Å². The zero-order valence-electron chi connectivity index (χ0n) is 16.1. The third-order valence-electron chi connectivity index (χ3n) is 6.06. The SMILES string of the molecule is Cc1ccc([C@]23C[C@@H](C)Sc4ccccc4N2C(=O)[C@H]3c2ccccc2)cc1. The van der Waals surface area contributed by atoms with Gasteiger partial charge in [-0.15, -0.1) is 11.8 Å². The van der Waals surface area contributed by atoms with Crippen LogP contribution in [-0.4, -0.2) is 11.2 Å². The first-order valence-corrected chi connectivity index (χ1v) is 10.7. The number of hydrogen-bond acceptors (Lipinski definition) is 2. The van der Waals surface area contributed by atoms with Gasteiger partial charge in [-0.3, -0.25) is 9.69 Å². The summed E-state index contributed by atoms with van der Waals surface area (Å²) >= 11 is 1.88. The van der Waals surface area contributed by atoms with Gasteiger partial charge >= 0.3 is 0 Å². The van der Waals surface area contributed by atoms with Gasteiger partial charge in [-0.05, 0) is 36.6 Å². The van der Waals surface area contributed by atoms with E-state index in [0.29, 0.717) is 5.25 Å². The largest absolute Gasteiger partial charge is 0.299 e. The minimum atomic E-state index is -0.342. The number of β-lactam (4-membered cyclic amide) rings is 1. The number of amides is 1. The number of para-hydroxylation sites is 1. The number of anilines is 1. The van der Waals surface area contributed by atoms with E-state index in [0.717, 1.165) is 17.7 Å². The van der Waals surface area contributed by atoms with Gasteiger partial charge in [0, 0.05) is 10.1 Å². The summed E-state index contributed by atoms with van der Waals surface area (Å²) in [6.07, 6.45) is 0.931. The smallest absolute Gasteiger partial charge is 0.238 e. The van der Waals surface area contributed by atoms with Gasteiger partial charge in [-0.25, -0.2) is 0 Å². The minimum Gasteiger partial charge on any atom is -0.299 e. The Labute approximate surface area is 170 Å². The molecule has 3 heteroatoms. The van der Waals surface area contributed by atoms with Crippen LogP contribution in [0.25, 0.3) is 0 Å². The molecule has 5 rings (SSSR count). The average Bonchev–Trinajstić information content (AvgIpc) is 2.81. The summed E-state index contributed by atoms with van der Waals surface area (Å²) in [5, 5.41) is 0.409. The van der Waals surface area contributed by atoms with E-state index in [1.54, 1.807) is 0 Å². The number of fused-ring (bicyclic) bond motifs is 3. The summed E-state index contributed by atoms with van der Waals surface area (Å²) in [6.45, 7) is 4.40. The topological polar surface area (TPSA) is 20.3 Å². The molecule has 3 aromatic carbocycles. The van der Waals surface area contributed by atoms with Crippen LogP contribution in [0.3, 0.4) is 0 Å². The predicted molar refractivity (Wildman–Crippen MR) is 116 cm³/mol. The number of rotatable bonds is 2. The Morgan fingerprint density at radius 2 is 1.61 bits per heavy atom. The van der Waals surface area contributed by atoms with Crippen molar-refractivity contribution in [3.8, 4) is 0 Å². The Bertz CT molecular complexity index is 1030. The lowest BCUT2D eigenvalue weighted by atomic mass is 9.63. The average molecular weight is 386 g/mol. The van der Waals surface area contributed by atoms with Crippen LogP contribution in [0, 0.1) is 6.92 Å². The molecule has 2 aliphatic heterocycles. The molecule has 0 saturated carbocycles. The molecule has 0 bridgehead atoms. The van der Waals surface area contributed by atoms with Crippen LogP contribution in [0.15, 0.2) is 83.8 Å². The second-order valence-corrected chi connectivity index (χ2v) is 9.39. The molecule has 0 unspecified atom stereocenters. The van der Waals surface area contributed by atoms with E-state index in [4.69, 9.17) is 0 Å². The van der Waals surface area contributed by atoms with Crippen LogP contribution in [-0.2, 0) is 10.3 Å². The van der Waals surface area contributed by atoms with Crippen molar-refractivity contribution in [2.45, 2.75) is 41.9 Å². The summed E-state index contributed by atoms with van der Waals surface area (Å²) in [5.41, 5.74) is 4.29. The third-order valence-corrected chi connectivity index (χ3v) is 7.23. The van der Waals surface area contributed by atoms with Crippen LogP contribution in [0.2, 0.25) is 0 Å². The van der Waals surface area contributed by atoms with Gasteiger partial charge in [0.05, 0.1) is 17.1 Å². The first-order valence-electron chi connectivity index (χ1n) is 9.83. The van der Waals surface area contributed by atoms with Gasteiger partial charge in [0.2, 0.25) is 5.91 Å². The maximum atomic E-state index is 13.6. The molecule has 2 heterocycles. The van der Waals surface area contributed by atoms with E-state index in [-0.39, 0.29) is 17.4 Å². The van der Waals surface area contributed by atoms with Gasteiger partial charge in [0.15, 0.2) is 0 Å². The van der Waals surface area contributed by atoms with Crippen molar-refractivity contribution in [1.29, 1.82) is 0 Å². The molecule has 3 aromatic rings. The highest BCUT2D eigenvalue weighted by Gasteiger charge is 2.63. The first-order chi connectivity index (χ1) is 13.6. The number of hydrogen-bond donors (Lipinski definition) is 0. The summed E-state index contributed by atoms with van der Waals surface area (Å²) in [5.74, 6) is 0.0551. The molecule has 0 spiro atoms. The molecule has 0 aromatic heterocycles. The fourth-order valence-electron chi connectivity index (χ4n) is 4.89. The molecule has 2 nitrogen and oxygen atoms in total. The molecule has 0 aliphatic carbocycles. The maximum absolute atomic E-state index is 13.6. The van der Waals surface area contributed by atoms with Crippen molar-refractivity contribution in [3.05, 3.63) is 95.6 Å². The molecule has 0 radical (unpaired) electrons. The first kappa shape index (κ1) is 17.6. The van der Waals surface area contributed by atoms with Crippen molar-refractivity contribution in [3.63, 3.8) is 0 Å². The number of nitrogens with zero attached hydrogens (tertiary/aromatic N) is 1. The lowest BCUT2D eigenvalue weighted by molar-refractivity contribution is -0.131. The number of carbonyl (C=O) groups excluding carboxylic acids is 1. The van der Waals surface area contributed by atoms with E-state index in [1.807, 2.05) is 36.0 Å². The van der Waals surface area contributed by atoms with Crippen LogP contribution in [0.4, 0.5) is 5.69 Å². The van der Waals surface area contributed by atoms with Crippen molar-refractivity contribution < 1.29 is 4.79 Å². The zero-order valence-corrected chi connectivity index (χ0v) is 16.9. The molecule has 1 saturated heterocycles. The lowest BCUT2D eigenvalue weighted by Crippen LogP contribution is -2.68. The van der Waals surface area contributed by atoms with E-state index in [1.165, 1.54) is 16.0 Å². The second-order valence-electron chi connectivity index (χ2n) is 7.91. The quantitative estimate of drug-likeness (QED) is 0.512. The normalized spacial score (nSPS) is 26.1. The van der Waals surface area contributed by atoms with E-state index >= 15 is 0 Å². The van der Waals surface area contributed by atoms with Crippen LogP contribution < -0.4 is 4.90 Å². The Morgan fingerprint density at radius 3 is 2.36 bits per heavy atom. The minimum absolute atomic E-state index is 0.148. The van der Waals surface area contributed by atoms with E-state index in [2.05, 4.69) is 73.3 Å². The Hall–Kier alpha value is -2.52. The second kappa shape index (κ2) is 6.52. The molecule has 1 fully saturated rings. The van der Waals surface area contributed by atoms with Crippen molar-refractivity contribution in [2.24, 2.45) is 0 Å². The maximum Gasteiger partial charge on any atom is 0.238 e. The number of thioether (sulfide) groups is 1. The monoisotopic (exact) mass is 385 g/mol. The fraction of sp³-hybridized carbons (Fsp3) is 0.240.